The Morgan fingerprint density at radius 3 is 2.57 bits per heavy atom. The molecule has 0 aliphatic carbocycles. The number of carbonyl (C=O) groups is 2. The first-order valence-electron chi connectivity index (χ1n) is 9.13. The van der Waals surface area contributed by atoms with E-state index in [0.717, 1.165) is 5.56 Å². The predicted molar refractivity (Wildman–Crippen MR) is 121 cm³/mol. The molecule has 0 spiro atoms. The molecular weight excluding hydrogens is 445 g/mol. The lowest BCUT2D eigenvalue weighted by Crippen LogP contribution is -2.21. The smallest absolute Gasteiger partial charge is 0.341 e. The number of thiophene rings is 1. The fourth-order valence-corrected chi connectivity index (χ4v) is 4.24. The summed E-state index contributed by atoms with van der Waals surface area (Å²) in [6.45, 7) is 3.56. The molecule has 5 nitrogen and oxygen atoms in total. The van der Waals surface area contributed by atoms with Gasteiger partial charge in [-0.05, 0) is 43.7 Å². The number of nitrogens with one attached hydrogen (secondary N) is 1. The molecule has 0 fully saturated rings. The third-order valence-corrected chi connectivity index (χ3v) is 5.64. The summed E-state index contributed by atoms with van der Waals surface area (Å²) in [7, 11) is 0. The summed E-state index contributed by atoms with van der Waals surface area (Å²) in [5.74, 6) is -0.371. The zero-order valence-electron chi connectivity index (χ0n) is 16.3. The van der Waals surface area contributed by atoms with Gasteiger partial charge in [-0.25, -0.2) is 4.79 Å². The van der Waals surface area contributed by atoms with Gasteiger partial charge < -0.3 is 14.8 Å². The first-order chi connectivity index (χ1) is 14.4. The molecule has 1 heterocycles. The van der Waals surface area contributed by atoms with Gasteiger partial charge in [0.05, 0.1) is 6.61 Å². The number of ether oxygens (including phenoxy) is 2. The average molecular weight is 464 g/mol. The normalized spacial score (nSPS) is 10.5. The van der Waals surface area contributed by atoms with Gasteiger partial charge in [-0.3, -0.25) is 4.79 Å². The number of hydrogen-bond acceptors (Lipinski definition) is 5. The van der Waals surface area contributed by atoms with E-state index in [9.17, 15) is 9.59 Å². The van der Waals surface area contributed by atoms with Crippen molar-refractivity contribution in [1.29, 1.82) is 0 Å². The van der Waals surface area contributed by atoms with Crippen LogP contribution in [0.15, 0.2) is 47.8 Å². The second-order valence-corrected chi connectivity index (χ2v) is 8.02. The fraction of sp³-hybridized carbons (Fsp3) is 0.182. The van der Waals surface area contributed by atoms with Crippen LogP contribution >= 0.6 is 34.5 Å². The van der Waals surface area contributed by atoms with Gasteiger partial charge in [0.1, 0.15) is 16.3 Å². The Morgan fingerprint density at radius 2 is 1.87 bits per heavy atom. The molecular formula is C22H19Cl2NO4S. The van der Waals surface area contributed by atoms with Crippen LogP contribution in [0.1, 0.15) is 22.8 Å². The van der Waals surface area contributed by atoms with Crippen LogP contribution in [0.4, 0.5) is 5.00 Å². The Labute approximate surface area is 188 Å². The summed E-state index contributed by atoms with van der Waals surface area (Å²) in [4.78, 5) is 25.1. The molecule has 0 bridgehead atoms. The average Bonchev–Trinajstić information content (AvgIpc) is 3.11. The Bertz CT molecular complexity index is 1080. The van der Waals surface area contributed by atoms with Crippen molar-refractivity contribution in [2.75, 3.05) is 18.5 Å². The third-order valence-electron chi connectivity index (χ3n) is 4.18. The first-order valence-corrected chi connectivity index (χ1v) is 10.8. The predicted octanol–water partition coefficient (Wildman–Crippen LogP) is 6.22. The third kappa shape index (κ3) is 5.14. The van der Waals surface area contributed by atoms with Crippen LogP contribution in [0.3, 0.4) is 0 Å². The van der Waals surface area contributed by atoms with Gasteiger partial charge in [-0.2, -0.15) is 0 Å². The summed E-state index contributed by atoms with van der Waals surface area (Å²) in [6.07, 6.45) is 0. The number of aryl methyl sites for hydroxylation is 1. The molecule has 30 heavy (non-hydrogen) atoms. The number of halogens is 2. The summed E-state index contributed by atoms with van der Waals surface area (Å²) >= 11 is 13.5. The first kappa shape index (κ1) is 22.2. The zero-order valence-corrected chi connectivity index (χ0v) is 18.7. The molecule has 0 saturated heterocycles. The highest BCUT2D eigenvalue weighted by atomic mass is 35.5. The van der Waals surface area contributed by atoms with E-state index >= 15 is 0 Å². The van der Waals surface area contributed by atoms with E-state index in [-0.39, 0.29) is 18.8 Å². The van der Waals surface area contributed by atoms with E-state index in [0.29, 0.717) is 31.9 Å². The van der Waals surface area contributed by atoms with Crippen LogP contribution in [-0.4, -0.2) is 25.1 Å². The topological polar surface area (TPSA) is 64.6 Å². The second kappa shape index (κ2) is 9.98. The molecule has 0 atom stereocenters. The van der Waals surface area contributed by atoms with Crippen molar-refractivity contribution in [1.82, 2.24) is 0 Å². The van der Waals surface area contributed by atoms with Gasteiger partial charge in [0.2, 0.25) is 0 Å². The minimum absolute atomic E-state index is 0.211. The molecule has 0 aliphatic rings. The van der Waals surface area contributed by atoms with Crippen LogP contribution in [0, 0.1) is 6.92 Å². The minimum atomic E-state index is -0.529. The van der Waals surface area contributed by atoms with Crippen LogP contribution in [0.25, 0.3) is 11.1 Å². The molecule has 156 valence electrons. The van der Waals surface area contributed by atoms with Crippen molar-refractivity contribution >= 4 is 51.4 Å². The monoisotopic (exact) mass is 463 g/mol. The number of amides is 1. The molecule has 1 aromatic heterocycles. The van der Waals surface area contributed by atoms with E-state index < -0.39 is 11.9 Å². The van der Waals surface area contributed by atoms with Gasteiger partial charge in [0, 0.05) is 26.6 Å². The number of rotatable bonds is 7. The molecule has 0 unspecified atom stereocenters. The molecule has 3 rings (SSSR count). The highest BCUT2D eigenvalue weighted by molar-refractivity contribution is 7.15. The number of carbonyl (C=O) groups excluding carboxylic acids is 2. The maximum atomic E-state index is 12.6. The van der Waals surface area contributed by atoms with Gasteiger partial charge in [-0.1, -0.05) is 41.4 Å². The maximum Gasteiger partial charge on any atom is 0.341 e. The van der Waals surface area contributed by atoms with Crippen molar-refractivity contribution in [3.63, 3.8) is 0 Å². The van der Waals surface area contributed by atoms with Crippen molar-refractivity contribution in [3.05, 3.63) is 69.0 Å². The van der Waals surface area contributed by atoms with Crippen LogP contribution in [0.5, 0.6) is 5.75 Å². The largest absolute Gasteiger partial charge is 0.483 e. The Kier molecular flexibility index (Phi) is 7.37. The highest BCUT2D eigenvalue weighted by Crippen LogP contribution is 2.39. The second-order valence-electron chi connectivity index (χ2n) is 6.30. The number of anilines is 1. The Balaban J connectivity index is 1.82. The number of benzene rings is 2. The number of esters is 1. The van der Waals surface area contributed by atoms with Crippen LogP contribution in [-0.2, 0) is 9.53 Å². The quantitative estimate of drug-likeness (QED) is 0.422. The lowest BCUT2D eigenvalue weighted by Gasteiger charge is -2.11. The van der Waals surface area contributed by atoms with Crippen molar-refractivity contribution in [2.45, 2.75) is 13.8 Å². The fourth-order valence-electron chi connectivity index (χ4n) is 2.81. The van der Waals surface area contributed by atoms with Crippen molar-refractivity contribution in [2.24, 2.45) is 0 Å². The maximum absolute atomic E-state index is 12.6. The molecule has 2 aromatic carbocycles. The number of hydrogen-bond donors (Lipinski definition) is 1. The summed E-state index contributed by atoms with van der Waals surface area (Å²) < 4.78 is 10.8. The molecule has 3 aromatic rings. The van der Waals surface area contributed by atoms with Crippen molar-refractivity contribution in [3.8, 4) is 16.9 Å². The van der Waals surface area contributed by atoms with Gasteiger partial charge in [0.15, 0.2) is 6.61 Å². The summed E-state index contributed by atoms with van der Waals surface area (Å²) in [6, 6.07) is 12.3. The van der Waals surface area contributed by atoms with Crippen LogP contribution in [0.2, 0.25) is 10.0 Å². The van der Waals surface area contributed by atoms with E-state index in [1.165, 1.54) is 11.3 Å². The SMILES string of the molecule is CCOC(=O)c1c(-c2ccccc2Cl)csc1NC(=O)COc1ccc(Cl)cc1C. The van der Waals surface area contributed by atoms with E-state index in [2.05, 4.69) is 5.32 Å². The molecule has 1 N–H and O–H groups in total. The molecule has 0 radical (unpaired) electrons. The van der Waals surface area contributed by atoms with Crippen molar-refractivity contribution < 1.29 is 19.1 Å². The van der Waals surface area contributed by atoms with Gasteiger partial charge in [-0.15, -0.1) is 11.3 Å². The zero-order chi connectivity index (χ0) is 21.7. The van der Waals surface area contributed by atoms with Gasteiger partial charge in [0.25, 0.3) is 5.91 Å². The van der Waals surface area contributed by atoms with E-state index in [1.54, 1.807) is 42.6 Å². The standard InChI is InChI=1S/C22H19Cl2NO4S/c1-3-28-22(27)20-16(15-6-4-5-7-17(15)24)12-30-21(20)25-19(26)11-29-18-9-8-14(23)10-13(18)2/h4-10,12H,3,11H2,1-2H3,(H,25,26). The summed E-state index contributed by atoms with van der Waals surface area (Å²) in [5.41, 5.74) is 2.38. The molecule has 0 saturated carbocycles. The van der Waals surface area contributed by atoms with E-state index in [4.69, 9.17) is 32.7 Å². The Hall–Kier alpha value is -2.54. The lowest BCUT2D eigenvalue weighted by atomic mass is 10.0. The van der Waals surface area contributed by atoms with Crippen LogP contribution < -0.4 is 10.1 Å². The van der Waals surface area contributed by atoms with E-state index in [1.807, 2.05) is 19.1 Å². The summed E-state index contributed by atoms with van der Waals surface area (Å²) in [5, 5.41) is 5.99. The highest BCUT2D eigenvalue weighted by Gasteiger charge is 2.24. The minimum Gasteiger partial charge on any atom is -0.483 e. The molecule has 1 amide bonds. The molecule has 8 heteroatoms. The molecule has 0 aliphatic heterocycles. The Morgan fingerprint density at radius 1 is 1.10 bits per heavy atom. The van der Waals surface area contributed by atoms with Gasteiger partial charge >= 0.3 is 5.97 Å². The lowest BCUT2D eigenvalue weighted by molar-refractivity contribution is -0.118.